The summed E-state index contributed by atoms with van der Waals surface area (Å²) in [6, 6.07) is 1.64. The van der Waals surface area contributed by atoms with Crippen LogP contribution in [0, 0.1) is 0 Å². The first-order valence-corrected chi connectivity index (χ1v) is 5.58. The second-order valence-corrected chi connectivity index (χ2v) is 3.94. The maximum Gasteiger partial charge on any atom is 0.253 e. The summed E-state index contributed by atoms with van der Waals surface area (Å²) in [5, 5.41) is 5.08. The molecule has 0 aromatic carbocycles. The Labute approximate surface area is 102 Å². The van der Waals surface area contributed by atoms with E-state index in [9.17, 15) is 9.59 Å². The van der Waals surface area contributed by atoms with Crippen molar-refractivity contribution in [2.24, 2.45) is 0 Å². The maximum absolute atomic E-state index is 11.6. The van der Waals surface area contributed by atoms with Crippen LogP contribution < -0.4 is 10.6 Å². The predicted molar refractivity (Wildman–Crippen MR) is 63.0 cm³/mol. The summed E-state index contributed by atoms with van der Waals surface area (Å²) in [6.45, 7) is 2.34. The van der Waals surface area contributed by atoms with Gasteiger partial charge in [-0.1, -0.05) is 0 Å². The summed E-state index contributed by atoms with van der Waals surface area (Å²) in [5.41, 5.74) is 0.415. The summed E-state index contributed by atoms with van der Waals surface area (Å²) in [5.74, 6) is -0.529. The number of halogens is 1. The second-order valence-electron chi connectivity index (χ2n) is 3.03. The Balaban J connectivity index is 2.50. The summed E-state index contributed by atoms with van der Waals surface area (Å²) >= 11 is 3.21. The molecule has 0 saturated heterocycles. The van der Waals surface area contributed by atoms with Gasteiger partial charge in [0.15, 0.2) is 0 Å². The fourth-order valence-corrected chi connectivity index (χ4v) is 1.42. The van der Waals surface area contributed by atoms with Crippen LogP contribution in [0.4, 0.5) is 0 Å². The van der Waals surface area contributed by atoms with Crippen LogP contribution >= 0.6 is 15.9 Å². The highest BCUT2D eigenvalue weighted by Crippen LogP contribution is 2.08. The van der Waals surface area contributed by atoms with Crippen molar-refractivity contribution in [2.75, 3.05) is 13.1 Å². The van der Waals surface area contributed by atoms with Crippen molar-refractivity contribution < 1.29 is 9.59 Å². The Kier molecular flexibility index (Phi) is 4.91. The first-order chi connectivity index (χ1) is 7.63. The molecule has 2 amide bonds. The van der Waals surface area contributed by atoms with Gasteiger partial charge in [0.1, 0.15) is 0 Å². The lowest BCUT2D eigenvalue weighted by molar-refractivity contribution is -0.120. The third-order valence-corrected chi connectivity index (χ3v) is 2.18. The zero-order valence-electron chi connectivity index (χ0n) is 8.79. The van der Waals surface area contributed by atoms with E-state index < -0.39 is 0 Å². The number of carbonyl (C=O) groups excluding carboxylic acids is 2. The van der Waals surface area contributed by atoms with Gasteiger partial charge in [0.25, 0.3) is 5.91 Å². The molecule has 0 radical (unpaired) electrons. The number of hydrogen-bond donors (Lipinski definition) is 2. The first-order valence-electron chi connectivity index (χ1n) is 4.79. The number of aromatic nitrogens is 1. The van der Waals surface area contributed by atoms with Crippen molar-refractivity contribution >= 4 is 27.7 Å². The van der Waals surface area contributed by atoms with Crippen LogP contribution in [0.3, 0.4) is 0 Å². The van der Waals surface area contributed by atoms with Gasteiger partial charge in [-0.15, -0.1) is 0 Å². The van der Waals surface area contributed by atoms with Gasteiger partial charge in [0.2, 0.25) is 5.91 Å². The average Bonchev–Trinajstić information content (AvgIpc) is 2.26. The molecule has 0 aliphatic carbocycles. The molecule has 6 heteroatoms. The van der Waals surface area contributed by atoms with Gasteiger partial charge < -0.3 is 10.6 Å². The first kappa shape index (κ1) is 12.6. The minimum atomic E-state index is -0.319. The van der Waals surface area contributed by atoms with Crippen LogP contribution in [0.2, 0.25) is 0 Å². The molecule has 0 aliphatic heterocycles. The summed E-state index contributed by atoms with van der Waals surface area (Å²) in [7, 11) is 0. The lowest BCUT2D eigenvalue weighted by Crippen LogP contribution is -2.36. The maximum atomic E-state index is 11.6. The summed E-state index contributed by atoms with van der Waals surface area (Å²) < 4.78 is 0.721. The van der Waals surface area contributed by atoms with Crippen LogP contribution in [-0.2, 0) is 4.79 Å². The molecular formula is C10H12BrN3O2. The van der Waals surface area contributed by atoms with Crippen molar-refractivity contribution in [1.82, 2.24) is 15.6 Å². The SMILES string of the molecule is CCNC(=O)CNC(=O)c1cncc(Br)c1. The van der Waals surface area contributed by atoms with Crippen molar-refractivity contribution in [3.63, 3.8) is 0 Å². The van der Waals surface area contributed by atoms with Crippen LogP contribution in [0.25, 0.3) is 0 Å². The molecule has 1 aromatic rings. The van der Waals surface area contributed by atoms with Crippen LogP contribution in [0.15, 0.2) is 22.9 Å². The van der Waals surface area contributed by atoms with Crippen LogP contribution in [0.5, 0.6) is 0 Å². The van der Waals surface area contributed by atoms with Crippen LogP contribution in [0.1, 0.15) is 17.3 Å². The molecule has 2 N–H and O–H groups in total. The molecule has 1 heterocycles. The normalized spacial score (nSPS) is 9.62. The van der Waals surface area contributed by atoms with Gasteiger partial charge in [-0.25, -0.2) is 0 Å². The number of rotatable bonds is 4. The Morgan fingerprint density at radius 2 is 2.12 bits per heavy atom. The van der Waals surface area contributed by atoms with Crippen molar-refractivity contribution in [3.8, 4) is 0 Å². The molecule has 16 heavy (non-hydrogen) atoms. The van der Waals surface area contributed by atoms with Gasteiger partial charge in [0, 0.05) is 23.4 Å². The summed E-state index contributed by atoms with van der Waals surface area (Å²) in [6.07, 6.45) is 3.03. The van der Waals surface area contributed by atoms with Gasteiger partial charge in [-0.2, -0.15) is 0 Å². The largest absolute Gasteiger partial charge is 0.355 e. The van der Waals surface area contributed by atoms with Gasteiger partial charge in [0.05, 0.1) is 12.1 Å². The van der Waals surface area contributed by atoms with Crippen molar-refractivity contribution in [3.05, 3.63) is 28.5 Å². The van der Waals surface area contributed by atoms with Crippen molar-refractivity contribution in [1.29, 1.82) is 0 Å². The lowest BCUT2D eigenvalue weighted by atomic mass is 10.3. The zero-order valence-corrected chi connectivity index (χ0v) is 10.4. The molecule has 5 nitrogen and oxygen atoms in total. The van der Waals surface area contributed by atoms with E-state index in [0.717, 1.165) is 4.47 Å². The molecule has 1 rings (SSSR count). The number of pyridine rings is 1. The minimum Gasteiger partial charge on any atom is -0.355 e. The molecule has 86 valence electrons. The molecule has 0 aliphatic rings. The minimum absolute atomic E-state index is 0.0286. The van der Waals surface area contributed by atoms with E-state index in [0.29, 0.717) is 12.1 Å². The van der Waals surface area contributed by atoms with E-state index >= 15 is 0 Å². The lowest BCUT2D eigenvalue weighted by Gasteiger charge is -2.05. The Bertz CT molecular complexity index is 395. The van der Waals surface area contributed by atoms with E-state index in [1.807, 2.05) is 6.92 Å². The highest BCUT2D eigenvalue weighted by molar-refractivity contribution is 9.10. The van der Waals surface area contributed by atoms with E-state index in [2.05, 4.69) is 31.5 Å². The standard InChI is InChI=1S/C10H12BrN3O2/c1-2-13-9(15)6-14-10(16)7-3-8(11)5-12-4-7/h3-5H,2,6H2,1H3,(H,13,15)(H,14,16). The van der Waals surface area contributed by atoms with Crippen molar-refractivity contribution in [2.45, 2.75) is 6.92 Å². The smallest absolute Gasteiger partial charge is 0.253 e. The Morgan fingerprint density at radius 1 is 1.38 bits per heavy atom. The fraction of sp³-hybridized carbons (Fsp3) is 0.300. The number of likely N-dealkylation sites (N-methyl/N-ethyl adjacent to an activating group) is 1. The highest BCUT2D eigenvalue weighted by Gasteiger charge is 2.07. The van der Waals surface area contributed by atoms with E-state index in [1.54, 1.807) is 12.3 Å². The third-order valence-electron chi connectivity index (χ3n) is 1.75. The second kappa shape index (κ2) is 6.22. The molecule has 0 bridgehead atoms. The fourth-order valence-electron chi connectivity index (χ4n) is 1.06. The van der Waals surface area contributed by atoms with Crippen LogP contribution in [-0.4, -0.2) is 29.9 Å². The molecule has 0 atom stereocenters. The van der Waals surface area contributed by atoms with Gasteiger partial charge in [-0.3, -0.25) is 14.6 Å². The molecule has 0 saturated carbocycles. The molecule has 1 aromatic heterocycles. The summed E-state index contributed by atoms with van der Waals surface area (Å²) in [4.78, 5) is 26.5. The molecule has 0 spiro atoms. The number of nitrogens with one attached hydrogen (secondary N) is 2. The highest BCUT2D eigenvalue weighted by atomic mass is 79.9. The molecule has 0 unspecified atom stereocenters. The number of hydrogen-bond acceptors (Lipinski definition) is 3. The quantitative estimate of drug-likeness (QED) is 0.856. The zero-order chi connectivity index (χ0) is 12.0. The Hall–Kier alpha value is -1.43. The average molecular weight is 286 g/mol. The van der Waals surface area contributed by atoms with Gasteiger partial charge in [-0.05, 0) is 28.9 Å². The monoisotopic (exact) mass is 285 g/mol. The van der Waals surface area contributed by atoms with E-state index in [1.165, 1.54) is 6.20 Å². The van der Waals surface area contributed by atoms with E-state index in [-0.39, 0.29) is 18.4 Å². The topological polar surface area (TPSA) is 71.1 Å². The van der Waals surface area contributed by atoms with Gasteiger partial charge >= 0.3 is 0 Å². The molecular weight excluding hydrogens is 274 g/mol. The van der Waals surface area contributed by atoms with E-state index in [4.69, 9.17) is 0 Å². The number of nitrogens with zero attached hydrogens (tertiary/aromatic N) is 1. The third kappa shape index (κ3) is 3.98. The molecule has 0 fully saturated rings. The number of carbonyl (C=O) groups is 2. The number of amides is 2. The Morgan fingerprint density at radius 3 is 2.75 bits per heavy atom. The predicted octanol–water partition coefficient (Wildman–Crippen LogP) is 0.710.